The summed E-state index contributed by atoms with van der Waals surface area (Å²) < 4.78 is 18.2. The quantitative estimate of drug-likeness (QED) is 0.599. The molecule has 112 valence electrons. The number of carbonyl (C=O) groups is 1. The van der Waals surface area contributed by atoms with Gasteiger partial charge in [0.15, 0.2) is 0 Å². The van der Waals surface area contributed by atoms with Crippen LogP contribution in [-0.4, -0.2) is 32.7 Å². The van der Waals surface area contributed by atoms with Gasteiger partial charge in [-0.3, -0.25) is 4.79 Å². The summed E-state index contributed by atoms with van der Waals surface area (Å²) in [4.78, 5) is 11.5. The molecule has 1 rings (SSSR count). The zero-order chi connectivity index (χ0) is 15.1. The molecule has 1 amide bonds. The number of carbonyl (C=O) groups excluding carboxylic acids is 1. The second-order valence-electron chi connectivity index (χ2n) is 4.20. The molecule has 0 saturated heterocycles. The zero-order valence-electron chi connectivity index (χ0n) is 11.3. The van der Waals surface area contributed by atoms with E-state index in [1.54, 1.807) is 14.0 Å². The number of hydrogen-bond donors (Lipinski definition) is 2. The zero-order valence-corrected chi connectivity index (χ0v) is 12.8. The fourth-order valence-electron chi connectivity index (χ4n) is 1.64. The van der Waals surface area contributed by atoms with Crippen molar-refractivity contribution in [1.82, 2.24) is 10.6 Å². The van der Waals surface area contributed by atoms with Crippen LogP contribution in [0.15, 0.2) is 12.1 Å². The Balaban J connectivity index is 2.57. The number of benzene rings is 1. The van der Waals surface area contributed by atoms with E-state index in [1.807, 2.05) is 0 Å². The molecule has 4 nitrogen and oxygen atoms in total. The van der Waals surface area contributed by atoms with Crippen LogP contribution < -0.4 is 10.6 Å². The average Bonchev–Trinajstić information content (AvgIpc) is 2.41. The maximum Gasteiger partial charge on any atom is 0.234 e. The first-order chi connectivity index (χ1) is 9.47. The molecule has 0 aromatic heterocycles. The van der Waals surface area contributed by atoms with E-state index in [0.29, 0.717) is 23.7 Å². The van der Waals surface area contributed by atoms with Crippen molar-refractivity contribution in [2.75, 3.05) is 26.8 Å². The van der Waals surface area contributed by atoms with E-state index in [1.165, 1.54) is 12.1 Å². The second-order valence-corrected chi connectivity index (χ2v) is 4.99. The van der Waals surface area contributed by atoms with Crippen LogP contribution in [0.2, 0.25) is 10.0 Å². The minimum Gasteiger partial charge on any atom is -0.383 e. The third-order valence-corrected chi connectivity index (χ3v) is 3.42. The Kier molecular flexibility index (Phi) is 7.23. The molecule has 0 fully saturated rings. The van der Waals surface area contributed by atoms with Crippen LogP contribution >= 0.6 is 23.2 Å². The van der Waals surface area contributed by atoms with Crippen molar-refractivity contribution >= 4 is 29.1 Å². The lowest BCUT2D eigenvalue weighted by Gasteiger charge is -2.17. The molecule has 0 saturated carbocycles. The van der Waals surface area contributed by atoms with Crippen molar-refractivity contribution in [3.63, 3.8) is 0 Å². The SMILES string of the molecule is COCCNC(=O)CNC(C)c1c(Cl)ccc(F)c1Cl. The Morgan fingerprint density at radius 2 is 2.15 bits per heavy atom. The van der Waals surface area contributed by atoms with Crippen molar-refractivity contribution in [3.05, 3.63) is 33.6 Å². The van der Waals surface area contributed by atoms with Crippen LogP contribution in [-0.2, 0) is 9.53 Å². The molecule has 0 aliphatic carbocycles. The molecule has 0 aliphatic rings. The van der Waals surface area contributed by atoms with Crippen LogP contribution in [0.3, 0.4) is 0 Å². The third-order valence-electron chi connectivity index (χ3n) is 2.71. The largest absolute Gasteiger partial charge is 0.383 e. The van der Waals surface area contributed by atoms with Gasteiger partial charge < -0.3 is 15.4 Å². The van der Waals surface area contributed by atoms with Gasteiger partial charge in [0, 0.05) is 30.3 Å². The highest BCUT2D eigenvalue weighted by molar-refractivity contribution is 6.36. The summed E-state index contributed by atoms with van der Waals surface area (Å²) in [5.41, 5.74) is 0.443. The Hall–Kier alpha value is -0.880. The van der Waals surface area contributed by atoms with Gasteiger partial charge in [0.1, 0.15) is 5.82 Å². The molecular weight excluding hydrogens is 306 g/mol. The number of methoxy groups -OCH3 is 1. The van der Waals surface area contributed by atoms with Gasteiger partial charge in [-0.15, -0.1) is 0 Å². The smallest absolute Gasteiger partial charge is 0.234 e. The Labute approximate surface area is 127 Å². The molecule has 1 atom stereocenters. The van der Waals surface area contributed by atoms with Crippen LogP contribution in [0.1, 0.15) is 18.5 Å². The highest BCUT2D eigenvalue weighted by Crippen LogP contribution is 2.32. The molecule has 1 aromatic rings. The molecule has 20 heavy (non-hydrogen) atoms. The molecule has 2 N–H and O–H groups in total. The number of ether oxygens (including phenoxy) is 1. The van der Waals surface area contributed by atoms with Crippen LogP contribution in [0.4, 0.5) is 4.39 Å². The molecular formula is C13H17Cl2FN2O2. The number of nitrogens with one attached hydrogen (secondary N) is 2. The Morgan fingerprint density at radius 3 is 2.80 bits per heavy atom. The van der Waals surface area contributed by atoms with Gasteiger partial charge in [0.05, 0.1) is 18.2 Å². The fraction of sp³-hybridized carbons (Fsp3) is 0.462. The van der Waals surface area contributed by atoms with Gasteiger partial charge >= 0.3 is 0 Å². The van der Waals surface area contributed by atoms with Crippen LogP contribution in [0.5, 0.6) is 0 Å². The number of amides is 1. The van der Waals surface area contributed by atoms with Gasteiger partial charge in [0.2, 0.25) is 5.91 Å². The van der Waals surface area contributed by atoms with E-state index >= 15 is 0 Å². The van der Waals surface area contributed by atoms with Gasteiger partial charge in [-0.2, -0.15) is 0 Å². The standard InChI is InChI=1S/C13H17Cl2FN2O2/c1-8(18-7-11(19)17-5-6-20-2)12-9(14)3-4-10(16)13(12)15/h3-4,8,18H,5-7H2,1-2H3,(H,17,19). The predicted molar refractivity (Wildman–Crippen MR) is 77.7 cm³/mol. The highest BCUT2D eigenvalue weighted by atomic mass is 35.5. The van der Waals surface area contributed by atoms with E-state index < -0.39 is 5.82 Å². The van der Waals surface area contributed by atoms with E-state index in [2.05, 4.69) is 10.6 Å². The van der Waals surface area contributed by atoms with Crippen molar-refractivity contribution in [2.45, 2.75) is 13.0 Å². The van der Waals surface area contributed by atoms with E-state index in [-0.39, 0.29) is 23.5 Å². The lowest BCUT2D eigenvalue weighted by Crippen LogP contribution is -2.36. The molecule has 0 aliphatic heterocycles. The molecule has 1 aromatic carbocycles. The summed E-state index contributed by atoms with van der Waals surface area (Å²) in [5.74, 6) is -0.721. The lowest BCUT2D eigenvalue weighted by molar-refractivity contribution is -0.120. The van der Waals surface area contributed by atoms with E-state index in [0.717, 1.165) is 0 Å². The van der Waals surface area contributed by atoms with Crippen molar-refractivity contribution in [3.8, 4) is 0 Å². The topological polar surface area (TPSA) is 50.4 Å². The van der Waals surface area contributed by atoms with Gasteiger partial charge in [-0.25, -0.2) is 4.39 Å². The molecule has 1 unspecified atom stereocenters. The van der Waals surface area contributed by atoms with Gasteiger partial charge in [0.25, 0.3) is 0 Å². The summed E-state index contributed by atoms with van der Waals surface area (Å²) in [6.45, 7) is 2.72. The number of rotatable bonds is 7. The first kappa shape index (κ1) is 17.2. The first-order valence-corrected chi connectivity index (χ1v) is 6.85. The monoisotopic (exact) mass is 322 g/mol. The summed E-state index contributed by atoms with van der Waals surface area (Å²) in [6.07, 6.45) is 0. The Morgan fingerprint density at radius 1 is 1.45 bits per heavy atom. The summed E-state index contributed by atoms with van der Waals surface area (Å²) in [7, 11) is 1.56. The summed E-state index contributed by atoms with van der Waals surface area (Å²) in [5, 5.41) is 5.94. The summed E-state index contributed by atoms with van der Waals surface area (Å²) in [6, 6.07) is 2.30. The van der Waals surface area contributed by atoms with Crippen LogP contribution in [0, 0.1) is 5.82 Å². The average molecular weight is 323 g/mol. The van der Waals surface area contributed by atoms with Crippen LogP contribution in [0.25, 0.3) is 0 Å². The molecule has 0 spiro atoms. The highest BCUT2D eigenvalue weighted by Gasteiger charge is 2.17. The third kappa shape index (κ3) is 4.90. The normalized spacial score (nSPS) is 12.2. The predicted octanol–water partition coefficient (Wildman–Crippen LogP) is 2.55. The minimum absolute atomic E-state index is 0.0303. The lowest BCUT2D eigenvalue weighted by atomic mass is 10.1. The molecule has 0 heterocycles. The van der Waals surface area contributed by atoms with Crippen molar-refractivity contribution in [1.29, 1.82) is 0 Å². The van der Waals surface area contributed by atoms with Crippen molar-refractivity contribution < 1.29 is 13.9 Å². The maximum atomic E-state index is 13.4. The Bertz CT molecular complexity index is 472. The van der Waals surface area contributed by atoms with E-state index in [4.69, 9.17) is 27.9 Å². The maximum absolute atomic E-state index is 13.4. The second kappa shape index (κ2) is 8.42. The first-order valence-electron chi connectivity index (χ1n) is 6.09. The van der Waals surface area contributed by atoms with Gasteiger partial charge in [-0.1, -0.05) is 23.2 Å². The van der Waals surface area contributed by atoms with E-state index in [9.17, 15) is 9.18 Å². The number of halogens is 3. The minimum atomic E-state index is -0.538. The van der Waals surface area contributed by atoms with Crippen molar-refractivity contribution in [2.24, 2.45) is 0 Å². The molecule has 7 heteroatoms. The summed E-state index contributed by atoms with van der Waals surface area (Å²) >= 11 is 11.9. The van der Waals surface area contributed by atoms with Gasteiger partial charge in [-0.05, 0) is 19.1 Å². The molecule has 0 bridgehead atoms. The fourth-order valence-corrected chi connectivity index (χ4v) is 2.34. The molecule has 0 radical (unpaired) electrons. The number of hydrogen-bond acceptors (Lipinski definition) is 3.